The Bertz CT molecular complexity index is 546. The second kappa shape index (κ2) is 5.69. The zero-order valence-corrected chi connectivity index (χ0v) is 10.9. The second-order valence-corrected chi connectivity index (χ2v) is 4.01. The van der Waals surface area contributed by atoms with Gasteiger partial charge in [-0.25, -0.2) is 9.97 Å². The average molecular weight is 265 g/mol. The van der Waals surface area contributed by atoms with Crippen molar-refractivity contribution in [1.82, 2.24) is 9.97 Å². The predicted octanol–water partition coefficient (Wildman–Crippen LogP) is 3.32. The van der Waals surface area contributed by atoms with Crippen LogP contribution in [0, 0.1) is 6.92 Å². The molecule has 5 heteroatoms. The second-order valence-electron chi connectivity index (χ2n) is 3.74. The normalized spacial score (nSPS) is 10.2. The molecule has 94 valence electrons. The third-order valence-corrected chi connectivity index (χ3v) is 2.70. The minimum atomic E-state index is 0.296. The van der Waals surface area contributed by atoms with Gasteiger partial charge in [0.05, 0.1) is 13.0 Å². The molecule has 0 atom stereocenters. The molecule has 0 aliphatic heterocycles. The van der Waals surface area contributed by atoms with Gasteiger partial charge in [-0.15, -0.1) is 11.6 Å². The fourth-order valence-corrected chi connectivity index (χ4v) is 1.68. The molecule has 0 amide bonds. The van der Waals surface area contributed by atoms with Crippen molar-refractivity contribution in [2.75, 3.05) is 7.11 Å². The van der Waals surface area contributed by atoms with Crippen molar-refractivity contribution in [3.63, 3.8) is 0 Å². The summed E-state index contributed by atoms with van der Waals surface area (Å²) in [4.78, 5) is 7.98. The molecular formula is C13H13ClN2O2. The quantitative estimate of drug-likeness (QED) is 0.795. The Kier molecular flexibility index (Phi) is 3.99. The van der Waals surface area contributed by atoms with Gasteiger partial charge in [0.25, 0.3) is 0 Å². The summed E-state index contributed by atoms with van der Waals surface area (Å²) in [5.74, 6) is 2.01. The van der Waals surface area contributed by atoms with Crippen molar-refractivity contribution in [3.8, 4) is 17.4 Å². The van der Waals surface area contributed by atoms with Gasteiger partial charge in [-0.3, -0.25) is 0 Å². The molecule has 0 saturated heterocycles. The summed E-state index contributed by atoms with van der Waals surface area (Å²) in [6.07, 6.45) is 3.06. The monoisotopic (exact) mass is 264 g/mol. The molecule has 2 aromatic rings. The van der Waals surface area contributed by atoms with Gasteiger partial charge in [0.2, 0.25) is 5.88 Å². The van der Waals surface area contributed by atoms with Crippen LogP contribution in [-0.4, -0.2) is 17.1 Å². The van der Waals surface area contributed by atoms with Crippen LogP contribution in [0.25, 0.3) is 0 Å². The smallest absolute Gasteiger partial charge is 0.226 e. The van der Waals surface area contributed by atoms with Gasteiger partial charge in [-0.05, 0) is 24.6 Å². The Morgan fingerprint density at radius 3 is 2.83 bits per heavy atom. The molecular weight excluding hydrogens is 252 g/mol. The van der Waals surface area contributed by atoms with E-state index in [1.54, 1.807) is 13.3 Å². The van der Waals surface area contributed by atoms with E-state index in [1.807, 2.05) is 25.1 Å². The van der Waals surface area contributed by atoms with Crippen LogP contribution in [0.1, 0.15) is 11.1 Å². The van der Waals surface area contributed by atoms with Crippen LogP contribution in [0.4, 0.5) is 0 Å². The van der Waals surface area contributed by atoms with Gasteiger partial charge in [-0.2, -0.15) is 0 Å². The fourth-order valence-electron chi connectivity index (χ4n) is 1.49. The van der Waals surface area contributed by atoms with E-state index >= 15 is 0 Å². The Hall–Kier alpha value is -1.81. The van der Waals surface area contributed by atoms with Gasteiger partial charge in [0.15, 0.2) is 11.5 Å². The number of halogens is 1. The van der Waals surface area contributed by atoms with Crippen LogP contribution in [0.2, 0.25) is 0 Å². The van der Waals surface area contributed by atoms with Crippen LogP contribution in [0.15, 0.2) is 30.7 Å². The lowest BCUT2D eigenvalue weighted by atomic mass is 10.2. The number of benzene rings is 1. The molecule has 1 aromatic heterocycles. The summed E-state index contributed by atoms with van der Waals surface area (Å²) in [7, 11) is 1.60. The SMILES string of the molecule is COc1cc(C)ccc1Oc1ncncc1CCl. The fraction of sp³-hybridized carbons (Fsp3) is 0.231. The first-order valence-electron chi connectivity index (χ1n) is 5.42. The van der Waals surface area contributed by atoms with E-state index in [0.29, 0.717) is 23.3 Å². The van der Waals surface area contributed by atoms with Gasteiger partial charge in [0, 0.05) is 11.8 Å². The molecule has 0 N–H and O–H groups in total. The summed E-state index contributed by atoms with van der Waals surface area (Å²) >= 11 is 5.81. The van der Waals surface area contributed by atoms with Crippen molar-refractivity contribution in [2.24, 2.45) is 0 Å². The highest BCUT2D eigenvalue weighted by Crippen LogP contribution is 2.32. The Balaban J connectivity index is 2.33. The first-order valence-corrected chi connectivity index (χ1v) is 5.95. The molecule has 0 fully saturated rings. The molecule has 0 radical (unpaired) electrons. The number of hydrogen-bond acceptors (Lipinski definition) is 4. The third kappa shape index (κ3) is 2.71. The minimum absolute atomic E-state index is 0.296. The summed E-state index contributed by atoms with van der Waals surface area (Å²) < 4.78 is 11.0. The van der Waals surface area contributed by atoms with Crippen molar-refractivity contribution in [3.05, 3.63) is 41.9 Å². The maximum atomic E-state index is 5.81. The summed E-state index contributed by atoms with van der Waals surface area (Å²) in [6.45, 7) is 1.99. The predicted molar refractivity (Wildman–Crippen MR) is 69.4 cm³/mol. The van der Waals surface area contributed by atoms with Gasteiger partial charge in [0.1, 0.15) is 6.33 Å². The molecule has 18 heavy (non-hydrogen) atoms. The minimum Gasteiger partial charge on any atom is -0.493 e. The summed E-state index contributed by atoms with van der Waals surface area (Å²) in [6, 6.07) is 5.69. The molecule has 0 unspecified atom stereocenters. The number of hydrogen-bond donors (Lipinski definition) is 0. The lowest BCUT2D eigenvalue weighted by molar-refractivity contribution is 0.372. The summed E-state index contributed by atoms with van der Waals surface area (Å²) in [5.41, 5.74) is 1.83. The Morgan fingerprint density at radius 1 is 1.28 bits per heavy atom. The van der Waals surface area contributed by atoms with Crippen LogP contribution < -0.4 is 9.47 Å². The highest BCUT2D eigenvalue weighted by molar-refractivity contribution is 6.17. The molecule has 0 bridgehead atoms. The zero-order chi connectivity index (χ0) is 13.0. The van der Waals surface area contributed by atoms with Crippen LogP contribution >= 0.6 is 11.6 Å². The first kappa shape index (κ1) is 12.6. The van der Waals surface area contributed by atoms with E-state index in [4.69, 9.17) is 21.1 Å². The molecule has 2 rings (SSSR count). The average Bonchev–Trinajstić information content (AvgIpc) is 2.41. The van der Waals surface area contributed by atoms with Gasteiger partial charge >= 0.3 is 0 Å². The largest absolute Gasteiger partial charge is 0.493 e. The summed E-state index contributed by atoms with van der Waals surface area (Å²) in [5, 5.41) is 0. The molecule has 0 saturated carbocycles. The van der Waals surface area contributed by atoms with Crippen LogP contribution in [0.3, 0.4) is 0 Å². The molecule has 1 heterocycles. The number of rotatable bonds is 4. The maximum Gasteiger partial charge on any atom is 0.226 e. The first-order chi connectivity index (χ1) is 8.74. The number of nitrogens with zero attached hydrogens (tertiary/aromatic N) is 2. The van der Waals surface area contributed by atoms with Gasteiger partial charge < -0.3 is 9.47 Å². The highest BCUT2D eigenvalue weighted by Gasteiger charge is 2.10. The van der Waals surface area contributed by atoms with Crippen molar-refractivity contribution in [2.45, 2.75) is 12.8 Å². The molecule has 4 nitrogen and oxygen atoms in total. The maximum absolute atomic E-state index is 5.81. The topological polar surface area (TPSA) is 44.2 Å². The van der Waals surface area contributed by atoms with Crippen molar-refractivity contribution in [1.29, 1.82) is 0 Å². The van der Waals surface area contributed by atoms with E-state index < -0.39 is 0 Å². The van der Waals surface area contributed by atoms with Crippen LogP contribution in [0.5, 0.6) is 17.4 Å². The standard InChI is InChI=1S/C13H13ClN2O2/c1-9-3-4-11(12(5-9)17-2)18-13-10(6-14)7-15-8-16-13/h3-5,7-8H,6H2,1-2H3. The van der Waals surface area contributed by atoms with E-state index in [2.05, 4.69) is 9.97 Å². The van der Waals surface area contributed by atoms with E-state index in [-0.39, 0.29) is 0 Å². The van der Waals surface area contributed by atoms with E-state index in [1.165, 1.54) is 6.33 Å². The van der Waals surface area contributed by atoms with E-state index in [9.17, 15) is 0 Å². The Morgan fingerprint density at radius 2 is 2.11 bits per heavy atom. The van der Waals surface area contributed by atoms with Gasteiger partial charge in [-0.1, -0.05) is 6.07 Å². The van der Waals surface area contributed by atoms with Crippen molar-refractivity contribution >= 4 is 11.6 Å². The zero-order valence-electron chi connectivity index (χ0n) is 10.2. The number of alkyl halides is 1. The number of aryl methyl sites for hydroxylation is 1. The lowest BCUT2D eigenvalue weighted by Gasteiger charge is -2.11. The van der Waals surface area contributed by atoms with Crippen molar-refractivity contribution < 1.29 is 9.47 Å². The number of ether oxygens (including phenoxy) is 2. The number of aromatic nitrogens is 2. The highest BCUT2D eigenvalue weighted by atomic mass is 35.5. The Labute approximate surface area is 111 Å². The molecule has 0 aliphatic carbocycles. The molecule has 1 aromatic carbocycles. The lowest BCUT2D eigenvalue weighted by Crippen LogP contribution is -1.96. The van der Waals surface area contributed by atoms with Crippen LogP contribution in [-0.2, 0) is 5.88 Å². The number of methoxy groups -OCH3 is 1. The third-order valence-electron chi connectivity index (χ3n) is 2.42. The molecule has 0 spiro atoms. The van der Waals surface area contributed by atoms with E-state index in [0.717, 1.165) is 11.1 Å². The molecule has 0 aliphatic rings.